The molecule has 0 aliphatic rings. The summed E-state index contributed by atoms with van der Waals surface area (Å²) in [5, 5.41) is 10.6. The van der Waals surface area contributed by atoms with E-state index in [9.17, 15) is 9.59 Å². The molecule has 0 radical (unpaired) electrons. The predicted molar refractivity (Wildman–Crippen MR) is 157 cm³/mol. The number of nitrogens with one attached hydrogen (secondary N) is 2. The fraction of sp³-hybridized carbons (Fsp3) is 0.433. The summed E-state index contributed by atoms with van der Waals surface area (Å²) in [4.78, 5) is 28.2. The monoisotopic (exact) mass is 551 g/mol. The van der Waals surface area contributed by atoms with Gasteiger partial charge in [-0.05, 0) is 42.8 Å². The van der Waals surface area contributed by atoms with Crippen LogP contribution in [0.5, 0.6) is 17.2 Å². The van der Waals surface area contributed by atoms with Gasteiger partial charge < -0.3 is 29.7 Å². The number of hydrogen-bond acceptors (Lipinski definition) is 6. The van der Waals surface area contributed by atoms with Crippen molar-refractivity contribution in [1.82, 2.24) is 14.7 Å². The summed E-state index contributed by atoms with van der Waals surface area (Å²) >= 11 is 0. The summed E-state index contributed by atoms with van der Waals surface area (Å²) in [6.45, 7) is 8.57. The lowest BCUT2D eigenvalue weighted by Crippen LogP contribution is -2.41. The second-order valence-electron chi connectivity index (χ2n) is 10.4. The van der Waals surface area contributed by atoms with Crippen molar-refractivity contribution in [1.29, 1.82) is 0 Å². The Morgan fingerprint density at radius 3 is 2.17 bits per heavy atom. The first-order valence-electron chi connectivity index (χ1n) is 13.4. The normalized spacial score (nSPS) is 11.1. The van der Waals surface area contributed by atoms with Gasteiger partial charge in [0, 0.05) is 24.1 Å². The van der Waals surface area contributed by atoms with Gasteiger partial charge in [-0.15, -0.1) is 0 Å². The van der Waals surface area contributed by atoms with E-state index in [-0.39, 0.29) is 17.9 Å². The van der Waals surface area contributed by atoms with Crippen molar-refractivity contribution in [2.75, 3.05) is 45.1 Å². The lowest BCUT2D eigenvalue weighted by Gasteiger charge is -2.23. The van der Waals surface area contributed by atoms with Gasteiger partial charge in [0.1, 0.15) is 29.6 Å². The van der Waals surface area contributed by atoms with Gasteiger partial charge in [0.2, 0.25) is 5.91 Å². The number of aromatic nitrogens is 2. The minimum Gasteiger partial charge on any atom is -0.497 e. The standard InChI is InChI=1S/C30H41N5O5/c1-8-9-10-17-34(29(37)31-24-16-15-23(39-6)18-25(24)40-7)20-28(36)32-27-19-26(30(2,3)4)33-35(27)21-11-13-22(38-5)14-12-21/h11-16,18-19H,8-10,17,20H2,1-7H3,(H,31,37)(H,32,36). The number of ether oxygens (including phenoxy) is 3. The van der Waals surface area contributed by atoms with Crippen LogP contribution in [0.4, 0.5) is 16.3 Å². The summed E-state index contributed by atoms with van der Waals surface area (Å²) in [6.07, 6.45) is 2.70. The summed E-state index contributed by atoms with van der Waals surface area (Å²) < 4.78 is 17.6. The van der Waals surface area contributed by atoms with Crippen LogP contribution in [0.25, 0.3) is 5.69 Å². The molecule has 0 spiro atoms. The SMILES string of the molecule is CCCCCN(CC(=O)Nc1cc(C(C)(C)C)nn1-c1ccc(OC)cc1)C(=O)Nc1ccc(OC)cc1OC. The van der Waals surface area contributed by atoms with E-state index < -0.39 is 6.03 Å². The number of methoxy groups -OCH3 is 3. The molecule has 0 atom stereocenters. The molecular weight excluding hydrogens is 510 g/mol. The van der Waals surface area contributed by atoms with Crippen molar-refractivity contribution in [2.45, 2.75) is 52.4 Å². The molecule has 216 valence electrons. The van der Waals surface area contributed by atoms with E-state index in [1.54, 1.807) is 37.1 Å². The Labute approximate surface area is 236 Å². The van der Waals surface area contributed by atoms with E-state index in [1.807, 2.05) is 30.3 Å². The van der Waals surface area contributed by atoms with Gasteiger partial charge in [0.15, 0.2) is 0 Å². The first-order chi connectivity index (χ1) is 19.1. The first kappa shape index (κ1) is 30.3. The zero-order chi connectivity index (χ0) is 29.3. The van der Waals surface area contributed by atoms with Crippen LogP contribution < -0.4 is 24.8 Å². The van der Waals surface area contributed by atoms with E-state index in [0.29, 0.717) is 29.5 Å². The highest BCUT2D eigenvalue weighted by Gasteiger charge is 2.23. The van der Waals surface area contributed by atoms with E-state index >= 15 is 0 Å². The summed E-state index contributed by atoms with van der Waals surface area (Å²) in [7, 11) is 4.69. The molecule has 0 unspecified atom stereocenters. The maximum absolute atomic E-state index is 13.3. The van der Waals surface area contributed by atoms with Crippen LogP contribution in [-0.2, 0) is 10.2 Å². The molecule has 3 rings (SSSR count). The quantitative estimate of drug-likeness (QED) is 0.273. The number of hydrogen-bond donors (Lipinski definition) is 2. The molecule has 0 bridgehead atoms. The topological polar surface area (TPSA) is 107 Å². The predicted octanol–water partition coefficient (Wildman–Crippen LogP) is 5.86. The Morgan fingerprint density at radius 2 is 1.57 bits per heavy atom. The van der Waals surface area contributed by atoms with Crippen LogP contribution in [0.2, 0.25) is 0 Å². The third kappa shape index (κ3) is 7.91. The molecule has 2 N–H and O–H groups in total. The lowest BCUT2D eigenvalue weighted by molar-refractivity contribution is -0.116. The van der Waals surface area contributed by atoms with Gasteiger partial charge in [0.05, 0.1) is 38.4 Å². The molecule has 1 heterocycles. The third-order valence-electron chi connectivity index (χ3n) is 6.37. The second kappa shape index (κ2) is 13.7. The Morgan fingerprint density at radius 1 is 0.900 bits per heavy atom. The van der Waals surface area contributed by atoms with Crippen LogP contribution in [0.1, 0.15) is 52.7 Å². The zero-order valence-electron chi connectivity index (χ0n) is 24.5. The molecule has 0 aliphatic carbocycles. The van der Waals surface area contributed by atoms with E-state index in [4.69, 9.17) is 19.3 Å². The molecule has 0 aliphatic heterocycles. The van der Waals surface area contributed by atoms with E-state index in [2.05, 4.69) is 38.3 Å². The third-order valence-corrected chi connectivity index (χ3v) is 6.37. The number of nitrogens with zero attached hydrogens (tertiary/aromatic N) is 3. The smallest absolute Gasteiger partial charge is 0.322 e. The zero-order valence-corrected chi connectivity index (χ0v) is 24.5. The highest BCUT2D eigenvalue weighted by molar-refractivity contribution is 5.97. The van der Waals surface area contributed by atoms with Gasteiger partial charge >= 0.3 is 6.03 Å². The molecule has 0 fully saturated rings. The van der Waals surface area contributed by atoms with Crippen LogP contribution in [0, 0.1) is 0 Å². The minimum absolute atomic E-state index is 0.132. The van der Waals surface area contributed by atoms with Crippen molar-refractivity contribution in [3.8, 4) is 22.9 Å². The maximum atomic E-state index is 13.3. The molecule has 3 aromatic rings. The average molecular weight is 552 g/mol. The number of urea groups is 1. The van der Waals surface area contributed by atoms with Gasteiger partial charge in [0.25, 0.3) is 0 Å². The Hall–Kier alpha value is -4.21. The van der Waals surface area contributed by atoms with Gasteiger partial charge in [-0.2, -0.15) is 5.10 Å². The summed E-state index contributed by atoms with van der Waals surface area (Å²) in [5.41, 5.74) is 1.85. The second-order valence-corrected chi connectivity index (χ2v) is 10.4. The van der Waals surface area contributed by atoms with Crippen molar-refractivity contribution in [3.63, 3.8) is 0 Å². The molecule has 3 amide bonds. The molecule has 2 aromatic carbocycles. The molecule has 10 heteroatoms. The number of benzene rings is 2. The van der Waals surface area contributed by atoms with Gasteiger partial charge in [-0.1, -0.05) is 40.5 Å². The molecular formula is C30H41N5O5. The largest absolute Gasteiger partial charge is 0.497 e. The molecule has 40 heavy (non-hydrogen) atoms. The summed E-state index contributed by atoms with van der Waals surface area (Å²) in [5.74, 6) is 1.98. The summed E-state index contributed by atoms with van der Waals surface area (Å²) in [6, 6.07) is 14.0. The lowest BCUT2D eigenvalue weighted by atomic mass is 9.92. The number of carbonyl (C=O) groups is 2. The first-order valence-corrected chi connectivity index (χ1v) is 13.4. The number of carbonyl (C=O) groups excluding carboxylic acids is 2. The highest BCUT2D eigenvalue weighted by Crippen LogP contribution is 2.30. The highest BCUT2D eigenvalue weighted by atomic mass is 16.5. The molecule has 1 aromatic heterocycles. The van der Waals surface area contributed by atoms with Crippen LogP contribution in [-0.4, -0.2) is 61.0 Å². The fourth-order valence-electron chi connectivity index (χ4n) is 4.01. The number of rotatable bonds is 12. The van der Waals surface area contributed by atoms with Gasteiger partial charge in [-0.3, -0.25) is 4.79 Å². The van der Waals surface area contributed by atoms with Gasteiger partial charge in [-0.25, -0.2) is 9.48 Å². The molecule has 10 nitrogen and oxygen atoms in total. The molecule has 0 saturated heterocycles. The van der Waals surface area contributed by atoms with Crippen molar-refractivity contribution in [2.24, 2.45) is 0 Å². The number of amides is 3. The van der Waals surface area contributed by atoms with E-state index in [0.717, 1.165) is 36.4 Å². The molecule has 0 saturated carbocycles. The Balaban J connectivity index is 1.82. The Kier molecular flexibility index (Phi) is 10.4. The Bertz CT molecular complexity index is 1280. The van der Waals surface area contributed by atoms with E-state index in [1.165, 1.54) is 12.0 Å². The van der Waals surface area contributed by atoms with Crippen molar-refractivity contribution < 1.29 is 23.8 Å². The van der Waals surface area contributed by atoms with Crippen LogP contribution in [0.3, 0.4) is 0 Å². The van der Waals surface area contributed by atoms with Crippen molar-refractivity contribution in [3.05, 3.63) is 54.2 Å². The van der Waals surface area contributed by atoms with Crippen molar-refractivity contribution >= 4 is 23.4 Å². The number of anilines is 2. The number of unbranched alkanes of at least 4 members (excludes halogenated alkanes) is 2. The average Bonchev–Trinajstić information content (AvgIpc) is 3.37. The van der Waals surface area contributed by atoms with Crippen LogP contribution in [0.15, 0.2) is 48.5 Å². The minimum atomic E-state index is -0.395. The maximum Gasteiger partial charge on any atom is 0.322 e. The van der Waals surface area contributed by atoms with Crippen LogP contribution >= 0.6 is 0 Å². The fourth-order valence-corrected chi connectivity index (χ4v) is 4.01.